The van der Waals surface area contributed by atoms with Crippen molar-refractivity contribution in [1.29, 1.82) is 0 Å². The fraction of sp³-hybridized carbons (Fsp3) is 0.250. The number of sulfonamides is 1. The zero-order chi connectivity index (χ0) is 24.3. The van der Waals surface area contributed by atoms with E-state index in [1.54, 1.807) is 12.1 Å². The van der Waals surface area contributed by atoms with Crippen molar-refractivity contribution in [2.24, 2.45) is 0 Å². The fourth-order valence-corrected chi connectivity index (χ4v) is 5.64. The number of piperazine rings is 1. The normalized spacial score (nSPS) is 16.8. The molecule has 1 atom stereocenters. The van der Waals surface area contributed by atoms with Crippen LogP contribution in [0.15, 0.2) is 83.8 Å². The molecule has 1 heterocycles. The van der Waals surface area contributed by atoms with Crippen molar-refractivity contribution in [3.8, 4) is 5.75 Å². The number of rotatable bonds is 6. The van der Waals surface area contributed by atoms with E-state index in [-0.39, 0.29) is 24.9 Å². The number of alkyl halides is 3. The van der Waals surface area contributed by atoms with Gasteiger partial charge in [-0.05, 0) is 35.4 Å². The van der Waals surface area contributed by atoms with Crippen LogP contribution in [0, 0.1) is 5.82 Å². The quantitative estimate of drug-likeness (QED) is 0.461. The molecule has 3 aromatic rings. The highest BCUT2D eigenvalue weighted by Crippen LogP contribution is 2.34. The molecule has 0 aliphatic carbocycles. The van der Waals surface area contributed by atoms with Crippen LogP contribution in [0.1, 0.15) is 17.2 Å². The second kappa shape index (κ2) is 9.73. The monoisotopic (exact) mass is 494 g/mol. The van der Waals surface area contributed by atoms with Gasteiger partial charge in [-0.2, -0.15) is 4.31 Å². The number of hydrogen-bond donors (Lipinski definition) is 0. The van der Waals surface area contributed by atoms with Crippen molar-refractivity contribution >= 4 is 10.0 Å². The van der Waals surface area contributed by atoms with Gasteiger partial charge in [-0.1, -0.05) is 54.6 Å². The first-order valence-corrected chi connectivity index (χ1v) is 12.0. The molecule has 1 unspecified atom stereocenters. The second-order valence-corrected chi connectivity index (χ2v) is 9.71. The van der Waals surface area contributed by atoms with Crippen LogP contribution in [-0.4, -0.2) is 50.2 Å². The Labute approximate surface area is 195 Å². The van der Waals surface area contributed by atoms with E-state index in [9.17, 15) is 26.0 Å². The minimum atomic E-state index is -5.01. The third-order valence-corrected chi connectivity index (χ3v) is 7.57. The fourth-order valence-electron chi connectivity index (χ4n) is 4.11. The van der Waals surface area contributed by atoms with E-state index in [2.05, 4.69) is 9.64 Å². The Hall–Kier alpha value is -2.95. The first kappa shape index (κ1) is 24.2. The molecule has 4 rings (SSSR count). The van der Waals surface area contributed by atoms with Gasteiger partial charge in [-0.15, -0.1) is 13.2 Å². The van der Waals surface area contributed by atoms with Crippen molar-refractivity contribution in [2.75, 3.05) is 26.2 Å². The summed E-state index contributed by atoms with van der Waals surface area (Å²) in [7, 11) is -4.22. The van der Waals surface area contributed by atoms with Gasteiger partial charge in [0.05, 0.1) is 6.04 Å². The second-order valence-electron chi connectivity index (χ2n) is 7.80. The van der Waals surface area contributed by atoms with Gasteiger partial charge in [-0.3, -0.25) is 4.90 Å². The average molecular weight is 495 g/mol. The lowest BCUT2D eigenvalue weighted by molar-refractivity contribution is -0.275. The van der Waals surface area contributed by atoms with Crippen molar-refractivity contribution in [3.05, 3.63) is 95.8 Å². The van der Waals surface area contributed by atoms with Gasteiger partial charge in [0.15, 0.2) is 0 Å². The molecule has 0 N–H and O–H groups in total. The highest BCUT2D eigenvalue weighted by molar-refractivity contribution is 7.89. The van der Waals surface area contributed by atoms with Crippen molar-refractivity contribution < 1.29 is 30.7 Å². The van der Waals surface area contributed by atoms with Gasteiger partial charge < -0.3 is 4.74 Å². The SMILES string of the molecule is O=S(=O)(c1ccccc1OC(F)(F)F)N1CCN(C(c2ccccc2)c2ccc(F)cc2)CC1. The van der Waals surface area contributed by atoms with Crippen molar-refractivity contribution in [2.45, 2.75) is 17.3 Å². The Morgan fingerprint density at radius 1 is 0.765 bits per heavy atom. The van der Waals surface area contributed by atoms with Gasteiger partial charge in [0.25, 0.3) is 0 Å². The lowest BCUT2D eigenvalue weighted by Gasteiger charge is -2.39. The number of ether oxygens (including phenoxy) is 1. The number of benzene rings is 3. The summed E-state index contributed by atoms with van der Waals surface area (Å²) in [5.41, 5.74) is 1.82. The molecule has 0 spiro atoms. The van der Waals surface area contributed by atoms with Gasteiger partial charge in [0.1, 0.15) is 16.5 Å². The molecule has 3 aromatic carbocycles. The lowest BCUT2D eigenvalue weighted by Crippen LogP contribution is -2.49. The highest BCUT2D eigenvalue weighted by Gasteiger charge is 2.37. The van der Waals surface area contributed by atoms with E-state index < -0.39 is 27.0 Å². The summed E-state index contributed by atoms with van der Waals surface area (Å²) in [6.45, 7) is 0.817. The molecule has 5 nitrogen and oxygen atoms in total. The van der Waals surface area contributed by atoms with Crippen LogP contribution in [-0.2, 0) is 10.0 Å². The molecule has 0 radical (unpaired) electrons. The van der Waals surface area contributed by atoms with Crippen LogP contribution in [0.4, 0.5) is 17.6 Å². The third-order valence-electron chi connectivity index (χ3n) is 5.63. The predicted octanol–water partition coefficient (Wildman–Crippen LogP) is 4.82. The van der Waals surface area contributed by atoms with Gasteiger partial charge >= 0.3 is 6.36 Å². The van der Waals surface area contributed by atoms with Crippen LogP contribution >= 0.6 is 0 Å². The molecule has 0 amide bonds. The number of para-hydroxylation sites is 1. The van der Waals surface area contributed by atoms with Crippen LogP contribution in [0.25, 0.3) is 0 Å². The smallest absolute Gasteiger partial charge is 0.404 e. The molecule has 10 heteroatoms. The average Bonchev–Trinajstić information content (AvgIpc) is 2.81. The summed E-state index contributed by atoms with van der Waals surface area (Å²) in [5, 5.41) is 0. The largest absolute Gasteiger partial charge is 0.573 e. The minimum Gasteiger partial charge on any atom is -0.404 e. The molecule has 34 heavy (non-hydrogen) atoms. The summed E-state index contributed by atoms with van der Waals surface area (Å²) in [6, 6.07) is 20.2. The molecule has 0 saturated carbocycles. The Morgan fingerprint density at radius 3 is 1.94 bits per heavy atom. The molecule has 1 aliphatic heterocycles. The first-order valence-electron chi connectivity index (χ1n) is 10.5. The Balaban J connectivity index is 1.57. The van der Waals surface area contributed by atoms with Crippen LogP contribution in [0.3, 0.4) is 0 Å². The number of halogens is 4. The van der Waals surface area contributed by atoms with E-state index in [0.29, 0.717) is 13.1 Å². The summed E-state index contributed by atoms with van der Waals surface area (Å²) in [4.78, 5) is 1.55. The zero-order valence-corrected chi connectivity index (χ0v) is 18.8. The van der Waals surface area contributed by atoms with Gasteiger partial charge in [0.2, 0.25) is 10.0 Å². The minimum absolute atomic E-state index is 0.0766. The molecule has 180 valence electrons. The summed E-state index contributed by atoms with van der Waals surface area (Å²) in [6.07, 6.45) is -5.01. The van der Waals surface area contributed by atoms with Crippen LogP contribution in [0.2, 0.25) is 0 Å². The molecular weight excluding hydrogens is 472 g/mol. The Morgan fingerprint density at radius 2 is 1.32 bits per heavy atom. The summed E-state index contributed by atoms with van der Waals surface area (Å²) in [5.74, 6) is -1.11. The van der Waals surface area contributed by atoms with E-state index in [1.165, 1.54) is 24.3 Å². The lowest BCUT2D eigenvalue weighted by atomic mass is 9.96. The zero-order valence-electron chi connectivity index (χ0n) is 18.0. The first-order chi connectivity index (χ1) is 16.1. The maximum Gasteiger partial charge on any atom is 0.573 e. The molecule has 0 bridgehead atoms. The van der Waals surface area contributed by atoms with Crippen molar-refractivity contribution in [3.63, 3.8) is 0 Å². The number of nitrogens with zero attached hydrogens (tertiary/aromatic N) is 2. The van der Waals surface area contributed by atoms with Crippen molar-refractivity contribution in [1.82, 2.24) is 9.21 Å². The van der Waals surface area contributed by atoms with E-state index in [4.69, 9.17) is 0 Å². The molecule has 1 aliphatic rings. The standard InChI is InChI=1S/C24H22F4N2O3S/c25-20-12-10-19(11-13-20)23(18-6-2-1-3-7-18)29-14-16-30(17-15-29)34(31,32)22-9-5-4-8-21(22)33-24(26,27)28/h1-13,23H,14-17H2. The molecule has 0 aromatic heterocycles. The predicted molar refractivity (Wildman–Crippen MR) is 118 cm³/mol. The maximum atomic E-state index is 13.5. The summed E-state index contributed by atoms with van der Waals surface area (Å²) >= 11 is 0. The van der Waals surface area contributed by atoms with Gasteiger partial charge in [0, 0.05) is 26.2 Å². The topological polar surface area (TPSA) is 49.9 Å². The molecular formula is C24H22F4N2O3S. The maximum absolute atomic E-state index is 13.5. The van der Waals surface area contributed by atoms with Gasteiger partial charge in [-0.25, -0.2) is 12.8 Å². The van der Waals surface area contributed by atoms with E-state index in [1.807, 2.05) is 30.3 Å². The Bertz CT molecular complexity index is 1210. The third kappa shape index (κ3) is 5.40. The van der Waals surface area contributed by atoms with Crippen LogP contribution < -0.4 is 4.74 Å². The molecule has 1 saturated heterocycles. The highest BCUT2D eigenvalue weighted by atomic mass is 32.2. The van der Waals surface area contributed by atoms with E-state index in [0.717, 1.165) is 27.6 Å². The van der Waals surface area contributed by atoms with E-state index >= 15 is 0 Å². The Kier molecular flexibility index (Phi) is 6.92. The summed E-state index contributed by atoms with van der Waals surface area (Å²) < 4.78 is 83.3. The molecule has 1 fully saturated rings. The number of hydrogen-bond acceptors (Lipinski definition) is 4. The van der Waals surface area contributed by atoms with Crippen LogP contribution in [0.5, 0.6) is 5.75 Å².